The lowest BCUT2D eigenvalue weighted by Gasteiger charge is -2.37. The van der Waals surface area contributed by atoms with Gasteiger partial charge in [0.1, 0.15) is 23.6 Å². The zero-order valence-electron chi connectivity index (χ0n) is 22.4. The minimum absolute atomic E-state index is 0.259. The number of esters is 1. The summed E-state index contributed by atoms with van der Waals surface area (Å²) in [5.41, 5.74) is 3.20. The molecule has 0 radical (unpaired) electrons. The molecule has 0 amide bonds. The Labute approximate surface area is 224 Å². The van der Waals surface area contributed by atoms with Gasteiger partial charge in [0.05, 0.1) is 5.54 Å². The number of nitrogens with one attached hydrogen (secondary N) is 1. The van der Waals surface area contributed by atoms with Crippen LogP contribution < -0.4 is 5.32 Å². The monoisotopic (exact) mass is 535 g/mol. The topological polar surface area (TPSA) is 90.9 Å². The highest BCUT2D eigenvalue weighted by Crippen LogP contribution is 2.51. The summed E-state index contributed by atoms with van der Waals surface area (Å²) in [6.07, 6.45) is -0.711. The summed E-state index contributed by atoms with van der Waals surface area (Å²) in [5.74, 6) is -1.02. The van der Waals surface area contributed by atoms with E-state index in [0.717, 1.165) is 27.8 Å². The molecule has 1 aliphatic carbocycles. The fraction of sp³-hybridized carbons (Fsp3) is 0.333. The molecule has 0 heterocycles. The third-order valence-corrected chi connectivity index (χ3v) is 8.45. The first-order valence-electron chi connectivity index (χ1n) is 12.5. The molecule has 1 atom stereocenters. The minimum atomic E-state index is -3.61. The van der Waals surface area contributed by atoms with Crippen LogP contribution in [0.3, 0.4) is 0 Å². The van der Waals surface area contributed by atoms with Crippen molar-refractivity contribution in [3.05, 3.63) is 95.6 Å². The van der Waals surface area contributed by atoms with Gasteiger partial charge in [-0.25, -0.2) is 0 Å². The van der Waals surface area contributed by atoms with E-state index in [9.17, 15) is 14.2 Å². The largest absolute Gasteiger partial charge is 0.459 e. The first-order chi connectivity index (χ1) is 18.0. The number of rotatable bonds is 10. The fourth-order valence-electron chi connectivity index (χ4n) is 5.01. The van der Waals surface area contributed by atoms with Crippen molar-refractivity contribution in [2.45, 2.75) is 44.4 Å². The molecule has 0 saturated heterocycles. The Morgan fingerprint density at radius 3 is 1.84 bits per heavy atom. The summed E-state index contributed by atoms with van der Waals surface area (Å²) in [6, 6.07) is 24.9. The molecule has 8 heteroatoms. The zero-order chi connectivity index (χ0) is 27.6. The van der Waals surface area contributed by atoms with Crippen LogP contribution in [-0.4, -0.2) is 43.8 Å². The number of carbonyl (C=O) groups is 2. The minimum Gasteiger partial charge on any atom is -0.459 e. The van der Waals surface area contributed by atoms with Crippen LogP contribution in [0.1, 0.15) is 43.9 Å². The SMILES string of the molecule is COP(=O)(CC(=O)C[C@H](NC1(c2ccccc2)c2ccccc2-c2ccccc21)C(=O)OC(C)(C)C)OC. The summed E-state index contributed by atoms with van der Waals surface area (Å²) < 4.78 is 28.4. The molecule has 0 aliphatic heterocycles. The summed E-state index contributed by atoms with van der Waals surface area (Å²) in [4.78, 5) is 26.8. The van der Waals surface area contributed by atoms with Gasteiger partial charge in [0, 0.05) is 20.6 Å². The van der Waals surface area contributed by atoms with Crippen molar-refractivity contribution in [2.24, 2.45) is 0 Å². The third kappa shape index (κ3) is 5.52. The smallest absolute Gasteiger partial charge is 0.337 e. The number of ether oxygens (including phenoxy) is 1. The molecule has 7 nitrogen and oxygen atoms in total. The van der Waals surface area contributed by atoms with Gasteiger partial charge in [-0.15, -0.1) is 0 Å². The lowest BCUT2D eigenvalue weighted by Crippen LogP contribution is -2.53. The van der Waals surface area contributed by atoms with Crippen LogP contribution in [0.15, 0.2) is 78.9 Å². The molecule has 1 N–H and O–H groups in total. The molecule has 38 heavy (non-hydrogen) atoms. The number of benzene rings is 3. The van der Waals surface area contributed by atoms with Gasteiger partial charge in [0.25, 0.3) is 0 Å². The first-order valence-corrected chi connectivity index (χ1v) is 14.2. The summed E-state index contributed by atoms with van der Waals surface area (Å²) in [7, 11) is -1.14. The van der Waals surface area contributed by atoms with Gasteiger partial charge in [0.2, 0.25) is 0 Å². The Morgan fingerprint density at radius 2 is 1.34 bits per heavy atom. The number of Topliss-reactive ketones (excluding diaryl/α,β-unsaturated/α-hetero) is 1. The average Bonchev–Trinajstić information content (AvgIpc) is 3.18. The van der Waals surface area contributed by atoms with Crippen LogP contribution in [0.4, 0.5) is 0 Å². The standard InChI is InChI=1S/C30H34NO6P/c1-29(2,3)37-28(33)27(19-22(32)20-38(34,35-4)36-5)31-30(21-13-7-6-8-14-21)25-17-11-9-15-23(25)24-16-10-12-18-26(24)30/h6-18,27,31H,19-20H2,1-5H3/t27-/m0/s1. The van der Waals surface area contributed by atoms with Crippen LogP contribution in [0.2, 0.25) is 0 Å². The predicted molar refractivity (Wildman–Crippen MR) is 147 cm³/mol. The van der Waals surface area contributed by atoms with Crippen molar-refractivity contribution in [3.63, 3.8) is 0 Å². The Balaban J connectivity index is 1.85. The second-order valence-corrected chi connectivity index (χ2v) is 12.6. The van der Waals surface area contributed by atoms with Gasteiger partial charge in [-0.1, -0.05) is 78.9 Å². The Bertz CT molecular complexity index is 1310. The van der Waals surface area contributed by atoms with Crippen molar-refractivity contribution < 1.29 is 27.9 Å². The fourth-order valence-corrected chi connectivity index (χ4v) is 5.98. The van der Waals surface area contributed by atoms with Gasteiger partial charge in [0.15, 0.2) is 0 Å². The van der Waals surface area contributed by atoms with Crippen LogP contribution in [0, 0.1) is 0 Å². The highest BCUT2D eigenvalue weighted by Gasteiger charge is 2.47. The van der Waals surface area contributed by atoms with Crippen molar-refractivity contribution in [1.29, 1.82) is 0 Å². The first kappa shape index (κ1) is 27.9. The van der Waals surface area contributed by atoms with Crippen molar-refractivity contribution in [1.82, 2.24) is 5.32 Å². The number of ketones is 1. The van der Waals surface area contributed by atoms with E-state index in [1.807, 2.05) is 66.7 Å². The van der Waals surface area contributed by atoms with E-state index in [-0.39, 0.29) is 6.42 Å². The van der Waals surface area contributed by atoms with Crippen LogP contribution in [0.5, 0.6) is 0 Å². The lowest BCUT2D eigenvalue weighted by atomic mass is 9.79. The van der Waals surface area contributed by atoms with Crippen LogP contribution >= 0.6 is 7.60 Å². The molecule has 0 bridgehead atoms. The van der Waals surface area contributed by atoms with Gasteiger partial charge >= 0.3 is 13.6 Å². The maximum Gasteiger partial charge on any atom is 0.337 e. The molecule has 3 aromatic rings. The average molecular weight is 536 g/mol. The van der Waals surface area contributed by atoms with Crippen LogP contribution in [-0.2, 0) is 33.5 Å². The molecule has 1 aliphatic rings. The van der Waals surface area contributed by atoms with E-state index in [4.69, 9.17) is 13.8 Å². The highest BCUT2D eigenvalue weighted by atomic mass is 31.2. The van der Waals surface area contributed by atoms with E-state index in [1.54, 1.807) is 20.8 Å². The second-order valence-electron chi connectivity index (χ2n) is 10.3. The van der Waals surface area contributed by atoms with Gasteiger partial charge in [-0.3, -0.25) is 19.5 Å². The normalized spacial score (nSPS) is 14.9. The molecule has 0 unspecified atom stereocenters. The number of carbonyl (C=O) groups excluding carboxylic acids is 2. The summed E-state index contributed by atoms with van der Waals surface area (Å²) >= 11 is 0. The van der Waals surface area contributed by atoms with Gasteiger partial charge in [-0.05, 0) is 48.6 Å². The second kappa shape index (κ2) is 11.0. The molecule has 0 fully saturated rings. The molecule has 4 rings (SSSR count). The van der Waals surface area contributed by atoms with Crippen LogP contribution in [0.25, 0.3) is 11.1 Å². The van der Waals surface area contributed by atoms with Gasteiger partial charge < -0.3 is 13.8 Å². The van der Waals surface area contributed by atoms with Crippen molar-refractivity contribution >= 4 is 19.3 Å². The Kier molecular flexibility index (Phi) is 8.05. The third-order valence-electron chi connectivity index (χ3n) is 6.60. The molecule has 0 saturated carbocycles. The maximum atomic E-state index is 13.6. The van der Waals surface area contributed by atoms with E-state index >= 15 is 0 Å². The Hall–Kier alpha value is -3.09. The van der Waals surface area contributed by atoms with Crippen molar-refractivity contribution in [3.8, 4) is 11.1 Å². The molecule has 0 spiro atoms. The quantitative estimate of drug-likeness (QED) is 0.263. The van der Waals surface area contributed by atoms with E-state index in [1.165, 1.54) is 14.2 Å². The Morgan fingerprint density at radius 1 is 0.842 bits per heavy atom. The summed E-state index contributed by atoms with van der Waals surface area (Å²) in [5, 5.41) is 3.57. The predicted octanol–water partition coefficient (Wildman–Crippen LogP) is 5.70. The molecule has 200 valence electrons. The molecular formula is C30H34NO6P. The van der Waals surface area contributed by atoms with E-state index in [0.29, 0.717) is 0 Å². The number of fused-ring (bicyclic) bond motifs is 3. The molecule has 0 aromatic heterocycles. The van der Waals surface area contributed by atoms with E-state index in [2.05, 4.69) is 17.4 Å². The number of hydrogen-bond donors (Lipinski definition) is 1. The zero-order valence-corrected chi connectivity index (χ0v) is 23.3. The summed E-state index contributed by atoms with van der Waals surface area (Å²) in [6.45, 7) is 5.34. The molecular weight excluding hydrogens is 501 g/mol. The maximum absolute atomic E-state index is 13.6. The highest BCUT2D eigenvalue weighted by molar-refractivity contribution is 7.54. The lowest BCUT2D eigenvalue weighted by molar-refractivity contribution is -0.158. The van der Waals surface area contributed by atoms with Crippen molar-refractivity contribution in [2.75, 3.05) is 20.4 Å². The number of hydrogen-bond acceptors (Lipinski definition) is 7. The molecule has 3 aromatic carbocycles. The van der Waals surface area contributed by atoms with Gasteiger partial charge in [-0.2, -0.15) is 0 Å². The van der Waals surface area contributed by atoms with E-state index < -0.39 is 42.7 Å².